The van der Waals surface area contributed by atoms with E-state index in [1.807, 2.05) is 11.6 Å². The molecular formula is C11H11BrFN3. The van der Waals surface area contributed by atoms with Crippen LogP contribution >= 0.6 is 15.9 Å². The molecule has 0 bridgehead atoms. The Hall–Kier alpha value is -1.20. The minimum absolute atomic E-state index is 0.255. The van der Waals surface area contributed by atoms with Gasteiger partial charge < -0.3 is 10.3 Å². The Morgan fingerprint density at radius 1 is 1.38 bits per heavy atom. The summed E-state index contributed by atoms with van der Waals surface area (Å²) in [5, 5.41) is 0. The van der Waals surface area contributed by atoms with Crippen LogP contribution in [0.2, 0.25) is 0 Å². The van der Waals surface area contributed by atoms with Gasteiger partial charge in [0.15, 0.2) is 0 Å². The van der Waals surface area contributed by atoms with Crippen LogP contribution in [0.15, 0.2) is 28.9 Å². The van der Waals surface area contributed by atoms with E-state index in [9.17, 15) is 4.39 Å². The molecule has 2 N–H and O–H groups in total. The van der Waals surface area contributed by atoms with Gasteiger partial charge in [-0.25, -0.2) is 9.37 Å². The van der Waals surface area contributed by atoms with Crippen molar-refractivity contribution in [2.75, 3.05) is 0 Å². The molecule has 2 aromatic rings. The van der Waals surface area contributed by atoms with Crippen molar-refractivity contribution in [2.24, 2.45) is 12.8 Å². The van der Waals surface area contributed by atoms with Crippen LogP contribution in [0.3, 0.4) is 0 Å². The van der Waals surface area contributed by atoms with E-state index in [-0.39, 0.29) is 5.82 Å². The molecule has 0 radical (unpaired) electrons. The number of imidazole rings is 1. The highest BCUT2D eigenvalue weighted by Crippen LogP contribution is 2.27. The van der Waals surface area contributed by atoms with E-state index in [1.165, 1.54) is 12.1 Å². The van der Waals surface area contributed by atoms with Gasteiger partial charge in [-0.15, -0.1) is 0 Å². The lowest BCUT2D eigenvalue weighted by Crippen LogP contribution is -2.04. The van der Waals surface area contributed by atoms with Crippen LogP contribution in [0.4, 0.5) is 4.39 Å². The first-order valence-electron chi connectivity index (χ1n) is 4.80. The molecule has 1 aromatic heterocycles. The quantitative estimate of drug-likeness (QED) is 0.920. The fourth-order valence-corrected chi connectivity index (χ4v) is 2.02. The Labute approximate surface area is 101 Å². The highest BCUT2D eigenvalue weighted by atomic mass is 79.9. The molecule has 0 atom stereocenters. The number of aromatic nitrogens is 2. The largest absolute Gasteiger partial charge is 0.324 e. The molecule has 0 amide bonds. The van der Waals surface area contributed by atoms with Crippen molar-refractivity contribution in [3.63, 3.8) is 0 Å². The Morgan fingerprint density at radius 2 is 2.00 bits per heavy atom. The van der Waals surface area contributed by atoms with Gasteiger partial charge in [0.1, 0.15) is 21.9 Å². The van der Waals surface area contributed by atoms with Crippen LogP contribution in [0.25, 0.3) is 11.3 Å². The van der Waals surface area contributed by atoms with E-state index in [4.69, 9.17) is 5.73 Å². The number of hydrogen-bond donors (Lipinski definition) is 1. The average molecular weight is 284 g/mol. The van der Waals surface area contributed by atoms with Crippen molar-refractivity contribution >= 4 is 15.9 Å². The topological polar surface area (TPSA) is 43.8 Å². The molecule has 0 unspecified atom stereocenters. The Kier molecular flexibility index (Phi) is 3.07. The third-order valence-electron chi connectivity index (χ3n) is 2.42. The molecule has 0 saturated carbocycles. The third-order valence-corrected chi connectivity index (χ3v) is 3.33. The molecule has 1 heterocycles. The van der Waals surface area contributed by atoms with Gasteiger partial charge in [0.25, 0.3) is 0 Å². The summed E-state index contributed by atoms with van der Waals surface area (Å²) in [6.07, 6.45) is 0. The zero-order valence-corrected chi connectivity index (χ0v) is 10.3. The van der Waals surface area contributed by atoms with Gasteiger partial charge in [0, 0.05) is 12.6 Å². The van der Waals surface area contributed by atoms with Gasteiger partial charge >= 0.3 is 0 Å². The summed E-state index contributed by atoms with van der Waals surface area (Å²) in [5.41, 5.74) is 7.22. The lowest BCUT2D eigenvalue weighted by atomic mass is 10.2. The van der Waals surface area contributed by atoms with Crippen molar-refractivity contribution in [1.82, 2.24) is 9.55 Å². The smallest absolute Gasteiger partial charge is 0.123 e. The predicted octanol–water partition coefficient (Wildman–Crippen LogP) is 2.45. The number of halogens is 2. The van der Waals surface area contributed by atoms with Crippen molar-refractivity contribution in [1.29, 1.82) is 0 Å². The van der Waals surface area contributed by atoms with Crippen molar-refractivity contribution < 1.29 is 4.39 Å². The second kappa shape index (κ2) is 4.35. The summed E-state index contributed by atoms with van der Waals surface area (Å²) in [6, 6.07) is 6.22. The highest BCUT2D eigenvalue weighted by molar-refractivity contribution is 9.10. The zero-order valence-electron chi connectivity index (χ0n) is 8.74. The lowest BCUT2D eigenvalue weighted by Gasteiger charge is -1.99. The number of nitrogens with zero attached hydrogens (tertiary/aromatic N) is 2. The zero-order chi connectivity index (χ0) is 11.7. The molecule has 0 fully saturated rings. The summed E-state index contributed by atoms with van der Waals surface area (Å²) < 4.78 is 15.5. The Bertz CT molecular complexity index is 505. The average Bonchev–Trinajstić information content (AvgIpc) is 2.57. The van der Waals surface area contributed by atoms with Gasteiger partial charge in [-0.1, -0.05) is 0 Å². The summed E-state index contributed by atoms with van der Waals surface area (Å²) in [6.45, 7) is 0.371. The molecule has 0 aliphatic carbocycles. The molecule has 0 spiro atoms. The Balaban J connectivity index is 2.52. The summed E-state index contributed by atoms with van der Waals surface area (Å²) in [7, 11) is 1.88. The molecule has 16 heavy (non-hydrogen) atoms. The monoisotopic (exact) mass is 283 g/mol. The van der Waals surface area contributed by atoms with E-state index in [0.717, 1.165) is 21.7 Å². The molecule has 0 aliphatic heterocycles. The molecule has 5 heteroatoms. The van der Waals surface area contributed by atoms with Crippen LogP contribution in [0, 0.1) is 5.82 Å². The van der Waals surface area contributed by atoms with Crippen LogP contribution < -0.4 is 5.73 Å². The van der Waals surface area contributed by atoms with E-state index >= 15 is 0 Å². The Morgan fingerprint density at radius 3 is 2.50 bits per heavy atom. The fourth-order valence-electron chi connectivity index (χ4n) is 1.50. The van der Waals surface area contributed by atoms with Gasteiger partial charge in [-0.3, -0.25) is 0 Å². The van der Waals surface area contributed by atoms with Crippen LogP contribution in [-0.4, -0.2) is 9.55 Å². The molecule has 3 nitrogen and oxygen atoms in total. The summed E-state index contributed by atoms with van der Waals surface area (Å²) >= 11 is 3.45. The SMILES string of the molecule is Cn1c(CN)nc(-c2ccc(F)cc2)c1Br. The van der Waals surface area contributed by atoms with Crippen molar-refractivity contribution in [3.8, 4) is 11.3 Å². The number of hydrogen-bond acceptors (Lipinski definition) is 2. The minimum Gasteiger partial charge on any atom is -0.324 e. The first-order valence-corrected chi connectivity index (χ1v) is 5.60. The molecule has 0 aliphatic rings. The summed E-state index contributed by atoms with van der Waals surface area (Å²) in [5.74, 6) is 0.529. The van der Waals surface area contributed by atoms with E-state index in [2.05, 4.69) is 20.9 Å². The summed E-state index contributed by atoms with van der Waals surface area (Å²) in [4.78, 5) is 4.40. The highest BCUT2D eigenvalue weighted by Gasteiger charge is 2.12. The van der Waals surface area contributed by atoms with Crippen LogP contribution in [0.1, 0.15) is 5.82 Å². The van der Waals surface area contributed by atoms with E-state index in [0.29, 0.717) is 6.54 Å². The third kappa shape index (κ3) is 1.88. The normalized spacial score (nSPS) is 10.8. The van der Waals surface area contributed by atoms with Crippen LogP contribution in [0.5, 0.6) is 0 Å². The molecule has 84 valence electrons. The van der Waals surface area contributed by atoms with Gasteiger partial charge in [-0.2, -0.15) is 0 Å². The second-order valence-electron chi connectivity index (χ2n) is 3.44. The maximum atomic E-state index is 12.8. The van der Waals surface area contributed by atoms with Gasteiger partial charge in [-0.05, 0) is 40.2 Å². The number of rotatable bonds is 2. The lowest BCUT2D eigenvalue weighted by molar-refractivity contribution is 0.628. The number of nitrogens with two attached hydrogens (primary N) is 1. The molecule has 2 rings (SSSR count). The predicted molar refractivity (Wildman–Crippen MR) is 64.2 cm³/mol. The van der Waals surface area contributed by atoms with Gasteiger partial charge in [0.05, 0.1) is 6.54 Å². The van der Waals surface area contributed by atoms with Crippen molar-refractivity contribution in [3.05, 3.63) is 40.5 Å². The second-order valence-corrected chi connectivity index (χ2v) is 4.19. The van der Waals surface area contributed by atoms with Crippen molar-refractivity contribution in [2.45, 2.75) is 6.54 Å². The molecule has 0 saturated heterocycles. The number of benzene rings is 1. The molecule has 1 aromatic carbocycles. The maximum Gasteiger partial charge on any atom is 0.123 e. The van der Waals surface area contributed by atoms with E-state index in [1.54, 1.807) is 12.1 Å². The first-order chi connectivity index (χ1) is 7.63. The fraction of sp³-hybridized carbons (Fsp3) is 0.182. The minimum atomic E-state index is -0.255. The standard InChI is InChI=1S/C11H11BrFN3/c1-16-9(6-14)15-10(11(16)12)7-2-4-8(13)5-3-7/h2-5H,6,14H2,1H3. The maximum absolute atomic E-state index is 12.8. The van der Waals surface area contributed by atoms with Gasteiger partial charge in [0.2, 0.25) is 0 Å². The van der Waals surface area contributed by atoms with E-state index < -0.39 is 0 Å². The first kappa shape index (κ1) is 11.3. The van der Waals surface area contributed by atoms with Crippen LogP contribution in [-0.2, 0) is 13.6 Å². The molecular weight excluding hydrogens is 273 g/mol.